The Labute approximate surface area is 174 Å². The highest BCUT2D eigenvalue weighted by atomic mass is 35.5. The number of methoxy groups -OCH3 is 2. The number of allylic oxidation sites excluding steroid dienone is 2. The smallest absolute Gasteiger partial charge is 0.225 e. The standard InChI is InChI=1S/C23H22ClNO4/c1-28-14-7-8-21(29-2)16(11-14)13-9-19-23(20(26)10-13)17(12-22(27)25-19)15-5-3-4-6-18(15)24/h3-8,11,13,17H,9-10,12H2,1-2H3,(H,25,27)/t13-,17-/m1/s1. The molecule has 1 aliphatic heterocycles. The van der Waals surface area contributed by atoms with Gasteiger partial charge in [0.25, 0.3) is 0 Å². The van der Waals surface area contributed by atoms with E-state index in [4.69, 9.17) is 21.1 Å². The third-order valence-electron chi connectivity index (χ3n) is 5.69. The van der Waals surface area contributed by atoms with E-state index in [1.165, 1.54) is 0 Å². The molecule has 0 aromatic heterocycles. The molecule has 5 nitrogen and oxygen atoms in total. The first-order valence-corrected chi connectivity index (χ1v) is 9.92. The Kier molecular flexibility index (Phi) is 5.33. The number of nitrogens with one attached hydrogen (secondary N) is 1. The van der Waals surface area contributed by atoms with Crippen molar-refractivity contribution in [2.75, 3.05) is 14.2 Å². The summed E-state index contributed by atoms with van der Waals surface area (Å²) in [6, 6.07) is 13.0. The molecule has 150 valence electrons. The molecule has 4 rings (SSSR count). The Morgan fingerprint density at radius 2 is 1.76 bits per heavy atom. The van der Waals surface area contributed by atoms with Gasteiger partial charge in [0.2, 0.25) is 5.91 Å². The highest BCUT2D eigenvalue weighted by Crippen LogP contribution is 2.45. The van der Waals surface area contributed by atoms with Gasteiger partial charge in [-0.1, -0.05) is 29.8 Å². The molecule has 29 heavy (non-hydrogen) atoms. The minimum absolute atomic E-state index is 0.0334. The van der Waals surface area contributed by atoms with Crippen molar-refractivity contribution in [3.05, 3.63) is 69.9 Å². The monoisotopic (exact) mass is 411 g/mol. The van der Waals surface area contributed by atoms with Crippen molar-refractivity contribution in [2.45, 2.75) is 31.1 Å². The van der Waals surface area contributed by atoms with E-state index in [0.29, 0.717) is 40.6 Å². The van der Waals surface area contributed by atoms with Crippen LogP contribution in [0, 0.1) is 0 Å². The molecule has 2 aromatic carbocycles. The van der Waals surface area contributed by atoms with Gasteiger partial charge in [0, 0.05) is 46.5 Å². The second kappa shape index (κ2) is 7.91. The van der Waals surface area contributed by atoms with Crippen molar-refractivity contribution in [1.82, 2.24) is 5.32 Å². The number of hydrogen-bond acceptors (Lipinski definition) is 4. The van der Waals surface area contributed by atoms with E-state index in [0.717, 1.165) is 11.1 Å². The van der Waals surface area contributed by atoms with Gasteiger partial charge in [-0.25, -0.2) is 0 Å². The van der Waals surface area contributed by atoms with Crippen LogP contribution < -0.4 is 14.8 Å². The maximum absolute atomic E-state index is 13.2. The summed E-state index contributed by atoms with van der Waals surface area (Å²) in [6.45, 7) is 0. The number of hydrogen-bond donors (Lipinski definition) is 1. The first kappa shape index (κ1) is 19.5. The fourth-order valence-electron chi connectivity index (χ4n) is 4.36. The van der Waals surface area contributed by atoms with Crippen molar-refractivity contribution in [1.29, 1.82) is 0 Å². The van der Waals surface area contributed by atoms with Crippen molar-refractivity contribution in [3.8, 4) is 11.5 Å². The molecular formula is C23H22ClNO4. The lowest BCUT2D eigenvalue weighted by molar-refractivity contribution is -0.122. The molecule has 2 aromatic rings. The van der Waals surface area contributed by atoms with Crippen LogP contribution in [-0.4, -0.2) is 25.9 Å². The van der Waals surface area contributed by atoms with Crippen molar-refractivity contribution >= 4 is 23.3 Å². The molecule has 0 unspecified atom stereocenters. The maximum atomic E-state index is 13.2. The fourth-order valence-corrected chi connectivity index (χ4v) is 4.63. The van der Waals surface area contributed by atoms with E-state index >= 15 is 0 Å². The Morgan fingerprint density at radius 1 is 0.966 bits per heavy atom. The van der Waals surface area contributed by atoms with Gasteiger partial charge < -0.3 is 14.8 Å². The molecule has 1 amide bonds. The largest absolute Gasteiger partial charge is 0.497 e. The third kappa shape index (κ3) is 3.62. The Hall–Kier alpha value is -2.79. The summed E-state index contributed by atoms with van der Waals surface area (Å²) in [5.74, 6) is 0.933. The van der Waals surface area contributed by atoms with E-state index < -0.39 is 0 Å². The number of rotatable bonds is 4. The molecule has 1 N–H and O–H groups in total. The summed E-state index contributed by atoms with van der Waals surface area (Å²) in [4.78, 5) is 25.7. The third-order valence-corrected chi connectivity index (χ3v) is 6.04. The van der Waals surface area contributed by atoms with E-state index in [9.17, 15) is 9.59 Å². The quantitative estimate of drug-likeness (QED) is 0.811. The van der Waals surface area contributed by atoms with E-state index in [1.807, 2.05) is 36.4 Å². The maximum Gasteiger partial charge on any atom is 0.225 e. The average Bonchev–Trinajstić information content (AvgIpc) is 2.72. The average molecular weight is 412 g/mol. The Balaban J connectivity index is 1.75. The number of ether oxygens (including phenoxy) is 2. The molecule has 0 saturated heterocycles. The first-order valence-electron chi connectivity index (χ1n) is 9.54. The van der Waals surface area contributed by atoms with Gasteiger partial charge >= 0.3 is 0 Å². The van der Waals surface area contributed by atoms with Gasteiger partial charge in [-0.2, -0.15) is 0 Å². The normalized spacial score (nSPS) is 21.5. The molecule has 0 fully saturated rings. The Morgan fingerprint density at radius 3 is 2.48 bits per heavy atom. The van der Waals surface area contributed by atoms with Crippen LogP contribution in [0.2, 0.25) is 5.02 Å². The van der Waals surface area contributed by atoms with Gasteiger partial charge in [-0.3, -0.25) is 9.59 Å². The van der Waals surface area contributed by atoms with Gasteiger partial charge in [-0.15, -0.1) is 0 Å². The fraction of sp³-hybridized carbons (Fsp3) is 0.304. The van der Waals surface area contributed by atoms with Crippen LogP contribution in [0.1, 0.15) is 42.2 Å². The second-order valence-electron chi connectivity index (χ2n) is 7.35. The zero-order chi connectivity index (χ0) is 20.5. The van der Waals surface area contributed by atoms with Crippen LogP contribution in [-0.2, 0) is 9.59 Å². The summed E-state index contributed by atoms with van der Waals surface area (Å²) in [5.41, 5.74) is 3.09. The van der Waals surface area contributed by atoms with Crippen LogP contribution in [0.15, 0.2) is 53.7 Å². The number of carbonyl (C=O) groups is 2. The van der Waals surface area contributed by atoms with Crippen LogP contribution in [0.5, 0.6) is 11.5 Å². The molecule has 0 saturated carbocycles. The van der Waals surface area contributed by atoms with E-state index in [1.54, 1.807) is 20.3 Å². The molecule has 0 bridgehead atoms. The van der Waals surface area contributed by atoms with Crippen LogP contribution in [0.4, 0.5) is 0 Å². The minimum Gasteiger partial charge on any atom is -0.497 e. The predicted molar refractivity (Wildman–Crippen MR) is 111 cm³/mol. The van der Waals surface area contributed by atoms with E-state index in [-0.39, 0.29) is 29.9 Å². The van der Waals surface area contributed by atoms with Crippen LogP contribution in [0.3, 0.4) is 0 Å². The topological polar surface area (TPSA) is 64.6 Å². The minimum atomic E-state index is -0.312. The number of Topliss-reactive ketones (excluding diaryl/α,β-unsaturated/α-hetero) is 1. The number of amides is 1. The zero-order valence-electron chi connectivity index (χ0n) is 16.3. The molecule has 6 heteroatoms. The van der Waals surface area contributed by atoms with Crippen molar-refractivity contribution in [2.24, 2.45) is 0 Å². The summed E-state index contributed by atoms with van der Waals surface area (Å²) in [7, 11) is 3.21. The van der Waals surface area contributed by atoms with Crippen LogP contribution >= 0.6 is 11.6 Å². The lowest BCUT2D eigenvalue weighted by atomic mass is 9.73. The highest BCUT2D eigenvalue weighted by Gasteiger charge is 2.39. The van der Waals surface area contributed by atoms with Crippen molar-refractivity contribution < 1.29 is 19.1 Å². The number of halogens is 1. The van der Waals surface area contributed by atoms with E-state index in [2.05, 4.69) is 5.32 Å². The molecule has 2 aliphatic rings. The molecule has 2 atom stereocenters. The van der Waals surface area contributed by atoms with Gasteiger partial charge in [0.05, 0.1) is 14.2 Å². The van der Waals surface area contributed by atoms with Crippen LogP contribution in [0.25, 0.3) is 0 Å². The lowest BCUT2D eigenvalue weighted by Crippen LogP contribution is -2.38. The molecule has 0 radical (unpaired) electrons. The van der Waals surface area contributed by atoms with Gasteiger partial charge in [0.1, 0.15) is 11.5 Å². The molecule has 1 heterocycles. The predicted octanol–water partition coefficient (Wildman–Crippen LogP) is 4.36. The zero-order valence-corrected chi connectivity index (χ0v) is 17.1. The highest BCUT2D eigenvalue weighted by molar-refractivity contribution is 6.31. The molecular weight excluding hydrogens is 390 g/mol. The summed E-state index contributed by atoms with van der Waals surface area (Å²) < 4.78 is 10.9. The number of ketones is 1. The summed E-state index contributed by atoms with van der Waals surface area (Å²) >= 11 is 6.39. The molecule has 0 spiro atoms. The summed E-state index contributed by atoms with van der Waals surface area (Å²) in [5, 5.41) is 3.51. The number of carbonyl (C=O) groups excluding carboxylic acids is 2. The lowest BCUT2D eigenvalue weighted by Gasteiger charge is -2.35. The van der Waals surface area contributed by atoms with Gasteiger partial charge in [-0.05, 0) is 36.2 Å². The van der Waals surface area contributed by atoms with Gasteiger partial charge in [0.15, 0.2) is 5.78 Å². The second-order valence-corrected chi connectivity index (χ2v) is 7.76. The first-order chi connectivity index (χ1) is 14.0. The van der Waals surface area contributed by atoms with Crippen molar-refractivity contribution in [3.63, 3.8) is 0 Å². The summed E-state index contributed by atoms with van der Waals surface area (Å²) in [6.07, 6.45) is 1.12. The SMILES string of the molecule is COc1ccc(OC)c([C@H]2CC(=O)C3=C(C2)NC(=O)C[C@@H]3c2ccccc2Cl)c1. The Bertz CT molecular complexity index is 1010. The number of benzene rings is 2. The molecule has 1 aliphatic carbocycles.